The predicted octanol–water partition coefficient (Wildman–Crippen LogP) is 3.23. The Hall–Kier alpha value is -1.98. The highest BCUT2D eigenvalue weighted by Crippen LogP contribution is 2.23. The third kappa shape index (κ3) is 5.25. The van der Waals surface area contributed by atoms with Crippen molar-refractivity contribution >= 4 is 11.9 Å². The first kappa shape index (κ1) is 19.3. The number of nitrogens with one attached hydrogen (secondary N) is 2. The molecule has 140 valence electrons. The summed E-state index contributed by atoms with van der Waals surface area (Å²) in [5.74, 6) is 1.37. The molecular weight excluding hydrogens is 318 g/mol. The van der Waals surface area contributed by atoms with E-state index in [-0.39, 0.29) is 29.4 Å². The van der Waals surface area contributed by atoms with Crippen LogP contribution in [0.2, 0.25) is 0 Å². The second-order valence-corrected chi connectivity index (χ2v) is 8.16. The van der Waals surface area contributed by atoms with Gasteiger partial charge in [-0.05, 0) is 66.4 Å². The van der Waals surface area contributed by atoms with E-state index in [4.69, 9.17) is 4.42 Å². The number of furan rings is 1. The number of hydrogen-bond acceptors (Lipinski definition) is 3. The third-order valence-electron chi connectivity index (χ3n) is 4.53. The highest BCUT2D eigenvalue weighted by molar-refractivity contribution is 5.93. The van der Waals surface area contributed by atoms with Crippen LogP contribution in [0.15, 0.2) is 10.5 Å². The van der Waals surface area contributed by atoms with E-state index in [0.717, 1.165) is 30.7 Å². The molecule has 25 heavy (non-hydrogen) atoms. The van der Waals surface area contributed by atoms with Crippen LogP contribution < -0.4 is 10.6 Å². The van der Waals surface area contributed by atoms with Crippen LogP contribution in [0.4, 0.5) is 4.79 Å². The van der Waals surface area contributed by atoms with Crippen LogP contribution in [0.25, 0.3) is 0 Å². The number of likely N-dealkylation sites (tertiary alicyclic amines) is 1. The summed E-state index contributed by atoms with van der Waals surface area (Å²) in [6.45, 7) is 13.0. The Morgan fingerprint density at radius 2 is 2.00 bits per heavy atom. The molecule has 0 aliphatic carbocycles. The Morgan fingerprint density at radius 3 is 2.56 bits per heavy atom. The van der Waals surface area contributed by atoms with Gasteiger partial charge in [0.15, 0.2) is 5.76 Å². The van der Waals surface area contributed by atoms with Crippen molar-refractivity contribution in [3.8, 4) is 0 Å². The molecule has 2 unspecified atom stereocenters. The largest absolute Gasteiger partial charge is 0.456 e. The maximum absolute atomic E-state index is 12.7. The quantitative estimate of drug-likeness (QED) is 0.880. The molecule has 2 N–H and O–H groups in total. The molecule has 2 atom stereocenters. The van der Waals surface area contributed by atoms with E-state index in [1.165, 1.54) is 0 Å². The first-order chi connectivity index (χ1) is 11.6. The number of hydrogen-bond donors (Lipinski definition) is 2. The predicted molar refractivity (Wildman–Crippen MR) is 97.7 cm³/mol. The Bertz CT molecular complexity index is 630. The van der Waals surface area contributed by atoms with Gasteiger partial charge in [0.1, 0.15) is 5.76 Å². The molecule has 1 fully saturated rings. The fourth-order valence-electron chi connectivity index (χ4n) is 3.30. The Kier molecular flexibility index (Phi) is 5.80. The number of aryl methyl sites for hydroxylation is 2. The molecule has 1 aliphatic heterocycles. The topological polar surface area (TPSA) is 74.6 Å². The van der Waals surface area contributed by atoms with Crippen LogP contribution in [-0.2, 0) is 0 Å². The van der Waals surface area contributed by atoms with E-state index in [0.29, 0.717) is 12.3 Å². The van der Waals surface area contributed by atoms with Crippen molar-refractivity contribution in [3.63, 3.8) is 0 Å². The van der Waals surface area contributed by atoms with Crippen molar-refractivity contribution in [1.29, 1.82) is 0 Å². The molecule has 6 nitrogen and oxygen atoms in total. The maximum atomic E-state index is 12.7. The highest BCUT2D eigenvalue weighted by atomic mass is 16.4. The van der Waals surface area contributed by atoms with Crippen molar-refractivity contribution in [2.75, 3.05) is 13.1 Å². The molecule has 0 aromatic carbocycles. The summed E-state index contributed by atoms with van der Waals surface area (Å²) in [5, 5.41) is 5.92. The smallest absolute Gasteiger partial charge is 0.315 e. The van der Waals surface area contributed by atoms with Crippen LogP contribution in [0.3, 0.4) is 0 Å². The molecule has 1 aromatic heterocycles. The van der Waals surface area contributed by atoms with Gasteiger partial charge in [-0.1, -0.05) is 0 Å². The molecule has 0 spiro atoms. The zero-order chi connectivity index (χ0) is 18.8. The van der Waals surface area contributed by atoms with Crippen LogP contribution in [0, 0.1) is 19.8 Å². The van der Waals surface area contributed by atoms with Crippen LogP contribution in [0.1, 0.15) is 62.4 Å². The number of urea groups is 1. The SMILES string of the molecule is Cc1cc(C)c(C(=O)N2CCCC(C(C)NC(=O)NC(C)(C)C)C2)o1. The lowest BCUT2D eigenvalue weighted by molar-refractivity contribution is 0.0619. The molecule has 3 amide bonds. The summed E-state index contributed by atoms with van der Waals surface area (Å²) in [5.41, 5.74) is 0.605. The third-order valence-corrected chi connectivity index (χ3v) is 4.53. The minimum Gasteiger partial charge on any atom is -0.456 e. The lowest BCUT2D eigenvalue weighted by Crippen LogP contribution is -2.53. The molecule has 2 heterocycles. The second kappa shape index (κ2) is 7.50. The van der Waals surface area contributed by atoms with Crippen LogP contribution in [-0.4, -0.2) is 41.5 Å². The fourth-order valence-corrected chi connectivity index (χ4v) is 3.30. The fraction of sp³-hybridized carbons (Fsp3) is 0.684. The van der Waals surface area contributed by atoms with E-state index < -0.39 is 0 Å². The molecule has 0 radical (unpaired) electrons. The molecular formula is C19H31N3O3. The summed E-state index contributed by atoms with van der Waals surface area (Å²) in [4.78, 5) is 26.7. The van der Waals surface area contributed by atoms with Crippen molar-refractivity contribution in [1.82, 2.24) is 15.5 Å². The minimum atomic E-state index is -0.271. The van der Waals surface area contributed by atoms with E-state index in [2.05, 4.69) is 10.6 Å². The van der Waals surface area contributed by atoms with Gasteiger partial charge < -0.3 is 20.0 Å². The molecule has 6 heteroatoms. The molecule has 1 saturated heterocycles. The number of carbonyl (C=O) groups is 2. The average Bonchev–Trinajstić information content (AvgIpc) is 2.83. The zero-order valence-electron chi connectivity index (χ0n) is 16.2. The van der Waals surface area contributed by atoms with E-state index in [9.17, 15) is 9.59 Å². The summed E-state index contributed by atoms with van der Waals surface area (Å²) >= 11 is 0. The first-order valence-corrected chi connectivity index (χ1v) is 9.02. The summed E-state index contributed by atoms with van der Waals surface area (Å²) < 4.78 is 5.57. The maximum Gasteiger partial charge on any atom is 0.315 e. The lowest BCUT2D eigenvalue weighted by Gasteiger charge is -2.36. The zero-order valence-corrected chi connectivity index (χ0v) is 16.2. The minimum absolute atomic E-state index is 0.00242. The van der Waals surface area contributed by atoms with Gasteiger partial charge in [0.05, 0.1) is 0 Å². The number of nitrogens with zero attached hydrogens (tertiary/aromatic N) is 1. The normalized spacial score (nSPS) is 19.4. The standard InChI is InChI=1S/C19H31N3O3/c1-12-10-13(2)25-16(12)17(23)22-9-7-8-15(11-22)14(3)20-18(24)21-19(4,5)6/h10,14-15H,7-9,11H2,1-6H3,(H2,20,21,24). The lowest BCUT2D eigenvalue weighted by atomic mass is 9.91. The molecule has 0 bridgehead atoms. The van der Waals surface area contributed by atoms with Gasteiger partial charge >= 0.3 is 6.03 Å². The van der Waals surface area contributed by atoms with Crippen LogP contribution >= 0.6 is 0 Å². The van der Waals surface area contributed by atoms with Gasteiger partial charge in [0.2, 0.25) is 0 Å². The number of rotatable bonds is 3. The Labute approximate surface area is 150 Å². The number of carbonyl (C=O) groups excluding carboxylic acids is 2. The van der Waals surface area contributed by atoms with Gasteiger partial charge in [0, 0.05) is 30.2 Å². The van der Waals surface area contributed by atoms with Crippen molar-refractivity contribution in [2.45, 2.75) is 66.0 Å². The van der Waals surface area contributed by atoms with E-state index in [1.54, 1.807) is 0 Å². The Balaban J connectivity index is 1.97. The van der Waals surface area contributed by atoms with Gasteiger partial charge in [-0.25, -0.2) is 4.79 Å². The number of piperidine rings is 1. The average molecular weight is 349 g/mol. The van der Waals surface area contributed by atoms with Crippen molar-refractivity contribution in [2.24, 2.45) is 5.92 Å². The summed E-state index contributed by atoms with van der Waals surface area (Å²) in [6, 6.07) is 1.72. The Morgan fingerprint density at radius 1 is 1.32 bits per heavy atom. The summed E-state index contributed by atoms with van der Waals surface area (Å²) in [7, 11) is 0. The number of amides is 3. The molecule has 1 aliphatic rings. The highest BCUT2D eigenvalue weighted by Gasteiger charge is 2.30. The molecule has 0 saturated carbocycles. The van der Waals surface area contributed by atoms with E-state index in [1.807, 2.05) is 52.5 Å². The van der Waals surface area contributed by atoms with Gasteiger partial charge in [-0.2, -0.15) is 0 Å². The van der Waals surface area contributed by atoms with Gasteiger partial charge in [-0.3, -0.25) is 4.79 Å². The second-order valence-electron chi connectivity index (χ2n) is 8.16. The van der Waals surface area contributed by atoms with Crippen molar-refractivity contribution in [3.05, 3.63) is 23.2 Å². The first-order valence-electron chi connectivity index (χ1n) is 9.02. The van der Waals surface area contributed by atoms with Crippen LogP contribution in [0.5, 0.6) is 0 Å². The van der Waals surface area contributed by atoms with Gasteiger partial charge in [0.25, 0.3) is 5.91 Å². The van der Waals surface area contributed by atoms with Gasteiger partial charge in [-0.15, -0.1) is 0 Å². The monoisotopic (exact) mass is 349 g/mol. The molecule has 1 aromatic rings. The van der Waals surface area contributed by atoms with Crippen molar-refractivity contribution < 1.29 is 14.0 Å². The van der Waals surface area contributed by atoms with E-state index >= 15 is 0 Å². The molecule has 2 rings (SSSR count). The summed E-state index contributed by atoms with van der Waals surface area (Å²) in [6.07, 6.45) is 1.93.